The predicted molar refractivity (Wildman–Crippen MR) is 88.5 cm³/mol. The fourth-order valence-corrected chi connectivity index (χ4v) is 3.27. The van der Waals surface area contributed by atoms with E-state index in [-0.39, 0.29) is 11.7 Å². The minimum Gasteiger partial charge on any atom is -0.491 e. The van der Waals surface area contributed by atoms with Crippen LogP contribution in [-0.2, 0) is 0 Å². The second kappa shape index (κ2) is 6.04. The monoisotopic (exact) mass is 317 g/mol. The molecule has 0 bridgehead atoms. The standard InChI is InChI=1S/C16H19N3O2S/c1-4-8-21-11-6-5-7-12-14(11)17-15-13(22-12)9-19(10(2)3)16(20)18-15/h5-7,9-10H,4,8H2,1-3H3,(H,17,18,20). The van der Waals surface area contributed by atoms with E-state index < -0.39 is 0 Å². The third kappa shape index (κ3) is 2.70. The smallest absolute Gasteiger partial charge is 0.349 e. The van der Waals surface area contributed by atoms with Crippen molar-refractivity contribution in [1.29, 1.82) is 0 Å². The Morgan fingerprint density at radius 1 is 1.36 bits per heavy atom. The third-order valence-corrected chi connectivity index (χ3v) is 4.47. The van der Waals surface area contributed by atoms with Gasteiger partial charge in [-0.3, -0.25) is 4.57 Å². The van der Waals surface area contributed by atoms with E-state index in [1.165, 1.54) is 0 Å². The van der Waals surface area contributed by atoms with Crippen molar-refractivity contribution < 1.29 is 4.74 Å². The fraction of sp³-hybridized carbons (Fsp3) is 0.375. The van der Waals surface area contributed by atoms with Gasteiger partial charge in [-0.05, 0) is 32.4 Å². The second-order valence-corrected chi connectivity index (χ2v) is 6.53. The van der Waals surface area contributed by atoms with E-state index in [4.69, 9.17) is 4.74 Å². The number of rotatable bonds is 4. The Morgan fingerprint density at radius 3 is 2.91 bits per heavy atom. The average Bonchev–Trinajstić information content (AvgIpc) is 2.50. The van der Waals surface area contributed by atoms with Gasteiger partial charge in [-0.1, -0.05) is 24.8 Å². The Hall–Kier alpha value is -1.95. The van der Waals surface area contributed by atoms with E-state index in [2.05, 4.69) is 17.2 Å². The highest BCUT2D eigenvalue weighted by molar-refractivity contribution is 7.99. The van der Waals surface area contributed by atoms with Crippen LogP contribution in [0.3, 0.4) is 0 Å². The van der Waals surface area contributed by atoms with Crippen molar-refractivity contribution in [3.05, 3.63) is 34.9 Å². The highest BCUT2D eigenvalue weighted by atomic mass is 32.2. The molecule has 0 spiro atoms. The molecule has 0 fully saturated rings. The van der Waals surface area contributed by atoms with Gasteiger partial charge in [0.05, 0.1) is 17.2 Å². The van der Waals surface area contributed by atoms with Gasteiger partial charge in [0, 0.05) is 17.1 Å². The lowest BCUT2D eigenvalue weighted by molar-refractivity contribution is 0.318. The van der Waals surface area contributed by atoms with E-state index >= 15 is 0 Å². The van der Waals surface area contributed by atoms with Crippen molar-refractivity contribution >= 4 is 23.3 Å². The molecule has 2 heterocycles. The molecule has 0 saturated carbocycles. The molecular weight excluding hydrogens is 298 g/mol. The summed E-state index contributed by atoms with van der Waals surface area (Å²) < 4.78 is 7.42. The maximum atomic E-state index is 12.1. The Kier molecular flexibility index (Phi) is 4.11. The highest BCUT2D eigenvalue weighted by Crippen LogP contribution is 2.46. The second-order valence-electron chi connectivity index (χ2n) is 5.44. The summed E-state index contributed by atoms with van der Waals surface area (Å²) in [6, 6.07) is 6.05. The van der Waals surface area contributed by atoms with Gasteiger partial charge < -0.3 is 10.1 Å². The molecule has 0 saturated heterocycles. The molecule has 0 unspecified atom stereocenters. The number of benzene rings is 1. The highest BCUT2D eigenvalue weighted by Gasteiger charge is 2.22. The van der Waals surface area contributed by atoms with Gasteiger partial charge >= 0.3 is 5.69 Å². The van der Waals surface area contributed by atoms with Crippen LogP contribution in [0.2, 0.25) is 0 Å². The van der Waals surface area contributed by atoms with Gasteiger partial charge in [0.1, 0.15) is 5.75 Å². The zero-order valence-electron chi connectivity index (χ0n) is 12.9. The average molecular weight is 317 g/mol. The fourth-order valence-electron chi connectivity index (χ4n) is 2.27. The first-order chi connectivity index (χ1) is 10.6. The lowest BCUT2D eigenvalue weighted by Gasteiger charge is -2.23. The van der Waals surface area contributed by atoms with Crippen LogP contribution in [0, 0.1) is 0 Å². The molecule has 0 radical (unpaired) electrons. The summed E-state index contributed by atoms with van der Waals surface area (Å²) in [6.07, 6.45) is 2.82. The quantitative estimate of drug-likeness (QED) is 0.792. The first kappa shape index (κ1) is 15.0. The van der Waals surface area contributed by atoms with Crippen molar-refractivity contribution in [2.24, 2.45) is 0 Å². The molecule has 1 aliphatic heterocycles. The van der Waals surface area contributed by atoms with Crippen molar-refractivity contribution in [3.63, 3.8) is 0 Å². The number of nitrogens with one attached hydrogen (secondary N) is 1. The Bertz CT molecular complexity index is 756. The number of hydrogen-bond donors (Lipinski definition) is 1. The van der Waals surface area contributed by atoms with Crippen LogP contribution in [0.5, 0.6) is 5.75 Å². The molecule has 0 amide bonds. The number of aromatic nitrogens is 2. The summed E-state index contributed by atoms with van der Waals surface area (Å²) >= 11 is 1.61. The van der Waals surface area contributed by atoms with E-state index in [1.807, 2.05) is 38.2 Å². The van der Waals surface area contributed by atoms with Crippen LogP contribution in [0.25, 0.3) is 0 Å². The van der Waals surface area contributed by atoms with Crippen LogP contribution in [-0.4, -0.2) is 16.2 Å². The van der Waals surface area contributed by atoms with E-state index in [0.29, 0.717) is 12.4 Å². The van der Waals surface area contributed by atoms with E-state index in [1.54, 1.807) is 16.3 Å². The first-order valence-electron chi connectivity index (χ1n) is 7.44. The van der Waals surface area contributed by atoms with Crippen molar-refractivity contribution in [2.45, 2.75) is 43.0 Å². The van der Waals surface area contributed by atoms with Crippen LogP contribution >= 0.6 is 11.8 Å². The van der Waals surface area contributed by atoms with Crippen LogP contribution < -0.4 is 15.7 Å². The molecule has 1 aliphatic rings. The lowest BCUT2D eigenvalue weighted by atomic mass is 10.2. The van der Waals surface area contributed by atoms with Crippen LogP contribution in [0.4, 0.5) is 11.5 Å². The lowest BCUT2D eigenvalue weighted by Crippen LogP contribution is -2.26. The Morgan fingerprint density at radius 2 is 2.18 bits per heavy atom. The zero-order valence-corrected chi connectivity index (χ0v) is 13.7. The largest absolute Gasteiger partial charge is 0.491 e. The minimum absolute atomic E-state index is 0.0894. The van der Waals surface area contributed by atoms with E-state index in [0.717, 1.165) is 27.6 Å². The number of hydrogen-bond acceptors (Lipinski definition) is 5. The molecule has 1 aromatic heterocycles. The molecule has 5 nitrogen and oxygen atoms in total. The normalized spacial score (nSPS) is 12.5. The van der Waals surface area contributed by atoms with Gasteiger partial charge in [-0.25, -0.2) is 4.79 Å². The zero-order chi connectivity index (χ0) is 15.7. The van der Waals surface area contributed by atoms with Gasteiger partial charge in [0.2, 0.25) is 0 Å². The van der Waals surface area contributed by atoms with Crippen LogP contribution in [0.15, 0.2) is 39.0 Å². The third-order valence-electron chi connectivity index (χ3n) is 3.39. The summed E-state index contributed by atoms with van der Waals surface area (Å²) in [5, 5.41) is 3.25. The van der Waals surface area contributed by atoms with Crippen LogP contribution in [0.1, 0.15) is 33.2 Å². The number of ether oxygens (including phenoxy) is 1. The first-order valence-corrected chi connectivity index (χ1v) is 8.25. The van der Waals surface area contributed by atoms with Crippen molar-refractivity contribution in [3.8, 4) is 5.75 Å². The molecule has 0 aliphatic carbocycles. The van der Waals surface area contributed by atoms with Gasteiger partial charge in [0.25, 0.3) is 0 Å². The maximum absolute atomic E-state index is 12.1. The summed E-state index contributed by atoms with van der Waals surface area (Å²) in [5.74, 6) is 1.40. The van der Waals surface area contributed by atoms with Gasteiger partial charge in [0.15, 0.2) is 5.82 Å². The molecule has 0 atom stereocenters. The van der Waals surface area contributed by atoms with Crippen molar-refractivity contribution in [1.82, 2.24) is 9.55 Å². The molecular formula is C16H19N3O2S. The molecule has 116 valence electrons. The minimum atomic E-state index is -0.239. The van der Waals surface area contributed by atoms with E-state index in [9.17, 15) is 4.79 Å². The Labute approximate surface area is 133 Å². The number of para-hydroxylation sites is 1. The molecule has 2 aromatic rings. The van der Waals surface area contributed by atoms with Crippen molar-refractivity contribution in [2.75, 3.05) is 11.9 Å². The topological polar surface area (TPSA) is 56.1 Å². The molecule has 22 heavy (non-hydrogen) atoms. The molecule has 6 heteroatoms. The SMILES string of the molecule is CCCOc1cccc2c1Nc1nc(=O)n(C(C)C)cc1S2. The summed E-state index contributed by atoms with van der Waals surface area (Å²) in [5.41, 5.74) is 0.653. The van der Waals surface area contributed by atoms with Gasteiger partial charge in [-0.15, -0.1) is 0 Å². The summed E-state index contributed by atoms with van der Waals surface area (Å²) in [4.78, 5) is 18.3. The molecule has 1 aromatic carbocycles. The molecule has 3 rings (SSSR count). The maximum Gasteiger partial charge on any atom is 0.349 e. The Balaban J connectivity index is 2.00. The number of anilines is 2. The molecule has 1 N–H and O–H groups in total. The van der Waals surface area contributed by atoms with Gasteiger partial charge in [-0.2, -0.15) is 4.98 Å². The summed E-state index contributed by atoms with van der Waals surface area (Å²) in [6.45, 7) is 6.68. The number of fused-ring (bicyclic) bond motifs is 2. The predicted octanol–water partition coefficient (Wildman–Crippen LogP) is 3.82. The summed E-state index contributed by atoms with van der Waals surface area (Å²) in [7, 11) is 0. The number of nitrogens with zero attached hydrogens (tertiary/aromatic N) is 2.